The molecular weight excluding hydrogens is 274 g/mol. The van der Waals surface area contributed by atoms with E-state index in [1.54, 1.807) is 30.3 Å². The smallest absolute Gasteiger partial charge is 0.315 e. The van der Waals surface area contributed by atoms with Crippen molar-refractivity contribution in [3.8, 4) is 0 Å². The molecule has 7 nitrogen and oxygen atoms in total. The van der Waals surface area contributed by atoms with Gasteiger partial charge in [-0.1, -0.05) is 35.5 Å². The minimum absolute atomic E-state index is 0.193. The van der Waals surface area contributed by atoms with Gasteiger partial charge in [-0.2, -0.15) is 0 Å². The maximum Gasteiger partial charge on any atom is 0.315 e. The molecule has 0 radical (unpaired) electrons. The van der Waals surface area contributed by atoms with E-state index in [0.717, 1.165) is 5.56 Å². The molecule has 1 aromatic heterocycles. The van der Waals surface area contributed by atoms with Gasteiger partial charge in [-0.25, -0.2) is 4.79 Å². The lowest BCUT2D eigenvalue weighted by Crippen LogP contribution is -2.38. The van der Waals surface area contributed by atoms with E-state index in [1.807, 2.05) is 6.07 Å². The number of hydrogen-bond acceptors (Lipinski definition) is 4. The Morgan fingerprint density at radius 3 is 2.62 bits per heavy atom. The Bertz CT molecular complexity index is 584. The largest absolute Gasteiger partial charge is 0.481 e. The van der Waals surface area contributed by atoms with Crippen LogP contribution in [0.3, 0.4) is 0 Å². The first kappa shape index (κ1) is 14.6. The second-order valence-corrected chi connectivity index (χ2v) is 4.38. The SMILES string of the molecule is O=C(O)CC(NC(=O)NCc1ccon1)c1ccccc1. The number of aliphatic carboxylic acids is 1. The molecule has 0 bridgehead atoms. The number of urea groups is 1. The van der Waals surface area contributed by atoms with Crippen molar-refractivity contribution < 1.29 is 19.2 Å². The summed E-state index contributed by atoms with van der Waals surface area (Å²) in [6, 6.07) is 9.52. The molecule has 1 aromatic carbocycles. The Morgan fingerprint density at radius 2 is 2.00 bits per heavy atom. The monoisotopic (exact) mass is 289 g/mol. The van der Waals surface area contributed by atoms with Crippen molar-refractivity contribution in [2.75, 3.05) is 0 Å². The fourth-order valence-corrected chi connectivity index (χ4v) is 1.82. The molecule has 21 heavy (non-hydrogen) atoms. The highest BCUT2D eigenvalue weighted by Crippen LogP contribution is 2.16. The van der Waals surface area contributed by atoms with Crippen LogP contribution < -0.4 is 10.6 Å². The number of rotatable bonds is 6. The van der Waals surface area contributed by atoms with Gasteiger partial charge < -0.3 is 20.3 Å². The molecule has 0 aliphatic rings. The number of nitrogens with zero attached hydrogens (tertiary/aromatic N) is 1. The number of aromatic nitrogens is 1. The zero-order chi connectivity index (χ0) is 15.1. The Kier molecular flexibility index (Phi) is 4.92. The Balaban J connectivity index is 1.94. The average Bonchev–Trinajstić information content (AvgIpc) is 2.98. The summed E-state index contributed by atoms with van der Waals surface area (Å²) in [5.41, 5.74) is 1.32. The highest BCUT2D eigenvalue weighted by molar-refractivity contribution is 5.76. The maximum absolute atomic E-state index is 11.8. The lowest BCUT2D eigenvalue weighted by atomic mass is 10.0. The predicted molar refractivity (Wildman–Crippen MR) is 73.3 cm³/mol. The summed E-state index contributed by atoms with van der Waals surface area (Å²) in [4.78, 5) is 22.7. The summed E-state index contributed by atoms with van der Waals surface area (Å²) in [5.74, 6) is -0.986. The van der Waals surface area contributed by atoms with Crippen LogP contribution in [-0.2, 0) is 11.3 Å². The van der Waals surface area contributed by atoms with Crippen LogP contribution in [0.5, 0.6) is 0 Å². The van der Waals surface area contributed by atoms with Crippen molar-refractivity contribution in [3.05, 3.63) is 53.9 Å². The second kappa shape index (κ2) is 7.09. The quantitative estimate of drug-likeness (QED) is 0.750. The van der Waals surface area contributed by atoms with Crippen molar-refractivity contribution in [2.24, 2.45) is 0 Å². The van der Waals surface area contributed by atoms with E-state index in [9.17, 15) is 9.59 Å². The van der Waals surface area contributed by atoms with Crippen molar-refractivity contribution in [2.45, 2.75) is 19.0 Å². The number of hydrogen-bond donors (Lipinski definition) is 3. The molecule has 0 aliphatic carbocycles. The van der Waals surface area contributed by atoms with Crippen molar-refractivity contribution in [1.29, 1.82) is 0 Å². The van der Waals surface area contributed by atoms with Gasteiger partial charge in [-0.05, 0) is 5.56 Å². The fraction of sp³-hybridized carbons (Fsp3) is 0.214. The third kappa shape index (κ3) is 4.64. The zero-order valence-corrected chi connectivity index (χ0v) is 11.2. The first-order valence-corrected chi connectivity index (χ1v) is 6.35. The molecule has 2 rings (SSSR count). The van der Waals surface area contributed by atoms with E-state index in [4.69, 9.17) is 5.11 Å². The molecule has 0 fully saturated rings. The van der Waals surface area contributed by atoms with Gasteiger partial charge in [0.05, 0.1) is 19.0 Å². The lowest BCUT2D eigenvalue weighted by Gasteiger charge is -2.17. The van der Waals surface area contributed by atoms with Crippen molar-refractivity contribution in [1.82, 2.24) is 15.8 Å². The topological polar surface area (TPSA) is 104 Å². The number of carbonyl (C=O) groups excluding carboxylic acids is 1. The van der Waals surface area contributed by atoms with Crippen LogP contribution >= 0.6 is 0 Å². The maximum atomic E-state index is 11.8. The number of amides is 2. The first-order chi connectivity index (χ1) is 10.1. The summed E-state index contributed by atoms with van der Waals surface area (Å²) >= 11 is 0. The molecule has 1 atom stereocenters. The molecule has 1 heterocycles. The molecule has 110 valence electrons. The molecule has 7 heteroatoms. The zero-order valence-electron chi connectivity index (χ0n) is 11.2. The van der Waals surface area contributed by atoms with E-state index >= 15 is 0 Å². The number of carboxylic acids is 1. The predicted octanol–water partition coefficient (Wildman–Crippen LogP) is 1.69. The van der Waals surface area contributed by atoms with Gasteiger partial charge in [0.2, 0.25) is 0 Å². The first-order valence-electron chi connectivity index (χ1n) is 6.35. The third-order valence-corrected chi connectivity index (χ3v) is 2.81. The standard InChI is InChI=1S/C14H15N3O4/c18-13(19)8-12(10-4-2-1-3-5-10)16-14(20)15-9-11-6-7-21-17-11/h1-7,12H,8-9H2,(H,18,19)(H2,15,16,20). The molecular formula is C14H15N3O4. The van der Waals surface area contributed by atoms with Crippen molar-refractivity contribution >= 4 is 12.0 Å². The van der Waals surface area contributed by atoms with Crippen LogP contribution in [0.25, 0.3) is 0 Å². The Morgan fingerprint density at radius 1 is 1.24 bits per heavy atom. The molecule has 0 saturated heterocycles. The fourth-order valence-electron chi connectivity index (χ4n) is 1.82. The number of carboxylic acid groups (broad SMARTS) is 1. The summed E-state index contributed by atoms with van der Waals surface area (Å²) in [5, 5.41) is 17.8. The molecule has 3 N–H and O–H groups in total. The second-order valence-electron chi connectivity index (χ2n) is 4.38. The molecule has 0 spiro atoms. The van der Waals surface area contributed by atoms with E-state index in [2.05, 4.69) is 20.3 Å². The molecule has 0 aliphatic heterocycles. The van der Waals surface area contributed by atoms with Gasteiger partial charge in [0.25, 0.3) is 0 Å². The Labute approximate surface area is 120 Å². The minimum Gasteiger partial charge on any atom is -0.481 e. The number of nitrogens with one attached hydrogen (secondary N) is 2. The van der Waals surface area contributed by atoms with Crippen LogP contribution in [0.4, 0.5) is 4.79 Å². The summed E-state index contributed by atoms with van der Waals surface area (Å²) in [6.45, 7) is 0.205. The molecule has 1 unspecified atom stereocenters. The van der Waals surface area contributed by atoms with E-state index < -0.39 is 18.0 Å². The third-order valence-electron chi connectivity index (χ3n) is 2.81. The van der Waals surface area contributed by atoms with Gasteiger partial charge in [0.1, 0.15) is 12.0 Å². The van der Waals surface area contributed by atoms with E-state index in [-0.39, 0.29) is 13.0 Å². The Hall–Kier alpha value is -2.83. The lowest BCUT2D eigenvalue weighted by molar-refractivity contribution is -0.137. The highest BCUT2D eigenvalue weighted by atomic mass is 16.5. The van der Waals surface area contributed by atoms with Crippen LogP contribution in [0.1, 0.15) is 23.7 Å². The van der Waals surface area contributed by atoms with Gasteiger partial charge in [0.15, 0.2) is 0 Å². The van der Waals surface area contributed by atoms with Crippen LogP contribution in [-0.4, -0.2) is 22.3 Å². The van der Waals surface area contributed by atoms with Crippen LogP contribution in [0, 0.1) is 0 Å². The summed E-state index contributed by atoms with van der Waals surface area (Å²) in [6.07, 6.45) is 1.22. The molecule has 0 saturated carbocycles. The number of carbonyl (C=O) groups is 2. The molecule has 2 aromatic rings. The van der Waals surface area contributed by atoms with E-state index in [1.165, 1.54) is 6.26 Å². The molecule has 2 amide bonds. The number of benzene rings is 1. The van der Waals surface area contributed by atoms with Crippen LogP contribution in [0.15, 0.2) is 47.2 Å². The van der Waals surface area contributed by atoms with Gasteiger partial charge in [0, 0.05) is 6.07 Å². The summed E-state index contributed by atoms with van der Waals surface area (Å²) in [7, 11) is 0. The normalized spacial score (nSPS) is 11.6. The van der Waals surface area contributed by atoms with Crippen LogP contribution in [0.2, 0.25) is 0 Å². The van der Waals surface area contributed by atoms with E-state index in [0.29, 0.717) is 5.69 Å². The van der Waals surface area contributed by atoms with Gasteiger partial charge in [-0.15, -0.1) is 0 Å². The summed E-state index contributed by atoms with van der Waals surface area (Å²) < 4.78 is 4.65. The average molecular weight is 289 g/mol. The van der Waals surface area contributed by atoms with Gasteiger partial charge >= 0.3 is 12.0 Å². The van der Waals surface area contributed by atoms with Gasteiger partial charge in [-0.3, -0.25) is 4.79 Å². The minimum atomic E-state index is -0.986. The van der Waals surface area contributed by atoms with Crippen molar-refractivity contribution in [3.63, 3.8) is 0 Å². The highest BCUT2D eigenvalue weighted by Gasteiger charge is 2.17.